The molecule has 0 bridgehead atoms. The van der Waals surface area contributed by atoms with Gasteiger partial charge in [-0.3, -0.25) is 19.2 Å². The van der Waals surface area contributed by atoms with Gasteiger partial charge in [-0.05, 0) is 55.7 Å². The fourth-order valence-corrected chi connectivity index (χ4v) is 7.63. The number of hydrogen-bond donors (Lipinski definition) is 4. The van der Waals surface area contributed by atoms with Crippen molar-refractivity contribution in [2.24, 2.45) is 17.8 Å². The van der Waals surface area contributed by atoms with E-state index in [4.69, 9.17) is 0 Å². The maximum Gasteiger partial charge on any atom is 0.271 e. The number of aromatic nitrogens is 1. The first-order chi connectivity index (χ1) is 19.2. The molecule has 1 aromatic heterocycles. The van der Waals surface area contributed by atoms with Gasteiger partial charge in [0.05, 0.1) is 15.8 Å². The Morgan fingerprint density at radius 3 is 2.52 bits per heavy atom. The van der Waals surface area contributed by atoms with Crippen LogP contribution in [0.25, 0.3) is 0 Å². The van der Waals surface area contributed by atoms with E-state index in [2.05, 4.69) is 15.6 Å². The van der Waals surface area contributed by atoms with Crippen LogP contribution in [0.15, 0.2) is 52.4 Å². The smallest absolute Gasteiger partial charge is 0.271 e. The van der Waals surface area contributed by atoms with Crippen LogP contribution in [0, 0.1) is 17.8 Å². The number of rotatable bonds is 9. The van der Waals surface area contributed by atoms with Gasteiger partial charge < -0.3 is 25.6 Å². The number of nitrogens with one attached hydrogen (secondary N) is 3. The molecule has 12 heteroatoms. The van der Waals surface area contributed by atoms with E-state index in [1.165, 1.54) is 29.3 Å². The molecular formula is C28H34N4O7S. The molecule has 1 aliphatic carbocycles. The van der Waals surface area contributed by atoms with Crippen LogP contribution in [-0.4, -0.2) is 78.7 Å². The average molecular weight is 571 g/mol. The molecule has 2 aliphatic heterocycles. The molecule has 3 fully saturated rings. The van der Waals surface area contributed by atoms with Crippen molar-refractivity contribution in [3.05, 3.63) is 48.3 Å². The molecule has 5 atom stereocenters. The summed E-state index contributed by atoms with van der Waals surface area (Å²) in [7, 11) is -3.85. The van der Waals surface area contributed by atoms with E-state index in [-0.39, 0.29) is 39.6 Å². The monoisotopic (exact) mass is 570 g/mol. The minimum absolute atomic E-state index is 0.0524. The topological polar surface area (TPSA) is 166 Å². The van der Waals surface area contributed by atoms with Crippen LogP contribution in [0.5, 0.6) is 0 Å². The van der Waals surface area contributed by atoms with E-state index in [9.17, 15) is 32.7 Å². The third-order valence-electron chi connectivity index (χ3n) is 8.46. The first-order valence-corrected chi connectivity index (χ1v) is 15.2. The standard InChI is InChI=1S/C28H34N4O7S/c33-16-24(34)22(12-17-10-11-29-26(17)35)31-27(36)25-21-9-5-4-6-18(21)15-32(25)28(37)23-13-20(14-30-23)40(38,39)19-7-2-1-3-8-19/h1-3,7-8,13-14,17-18,21-22,25,30,33H,4-6,9-12,15-16H2,(H,29,35)(H,31,36)/t17-,18-,21-,22?,25-/m0/s1. The van der Waals surface area contributed by atoms with Gasteiger partial charge in [0.2, 0.25) is 21.7 Å². The Balaban J connectivity index is 1.39. The summed E-state index contributed by atoms with van der Waals surface area (Å²) in [6.45, 7) is 0.0507. The van der Waals surface area contributed by atoms with Gasteiger partial charge in [0.15, 0.2) is 5.78 Å². The Bertz CT molecular complexity index is 1390. The van der Waals surface area contributed by atoms with E-state index in [1.54, 1.807) is 18.2 Å². The molecule has 11 nitrogen and oxygen atoms in total. The molecule has 3 aliphatic rings. The van der Waals surface area contributed by atoms with Crippen LogP contribution < -0.4 is 10.6 Å². The Morgan fingerprint density at radius 1 is 1.07 bits per heavy atom. The van der Waals surface area contributed by atoms with Gasteiger partial charge in [-0.15, -0.1) is 0 Å². The molecule has 3 heterocycles. The number of aromatic amines is 1. The second-order valence-corrected chi connectivity index (χ2v) is 12.8. The Kier molecular flexibility index (Phi) is 8.09. The number of aliphatic hydroxyl groups is 1. The van der Waals surface area contributed by atoms with Gasteiger partial charge in [-0.25, -0.2) is 8.42 Å². The third-order valence-corrected chi connectivity index (χ3v) is 10.2. The van der Waals surface area contributed by atoms with Crippen LogP contribution in [0.1, 0.15) is 49.0 Å². The molecule has 1 aromatic carbocycles. The number of likely N-dealkylation sites (tertiary alicyclic amines) is 1. The van der Waals surface area contributed by atoms with E-state index < -0.39 is 52.0 Å². The molecule has 214 valence electrons. The maximum absolute atomic E-state index is 13.7. The summed E-state index contributed by atoms with van der Waals surface area (Å²) in [5.74, 6) is -2.25. The number of aliphatic hydroxyl groups excluding tert-OH is 1. The molecule has 40 heavy (non-hydrogen) atoms. The number of ketones is 1. The largest absolute Gasteiger partial charge is 0.389 e. The minimum atomic E-state index is -3.85. The van der Waals surface area contributed by atoms with Crippen LogP contribution in [0.4, 0.5) is 0 Å². The van der Waals surface area contributed by atoms with Gasteiger partial charge in [-0.1, -0.05) is 31.0 Å². The number of benzene rings is 1. The normalized spacial score (nSPS) is 25.2. The number of H-pyrrole nitrogens is 1. The zero-order valence-electron chi connectivity index (χ0n) is 22.0. The van der Waals surface area contributed by atoms with Crippen LogP contribution >= 0.6 is 0 Å². The number of amides is 3. The van der Waals surface area contributed by atoms with Crippen LogP contribution in [0.2, 0.25) is 0 Å². The second kappa shape index (κ2) is 11.5. The maximum atomic E-state index is 13.7. The fraction of sp³-hybridized carbons (Fsp3) is 0.500. The summed E-state index contributed by atoms with van der Waals surface area (Å²) in [5, 5.41) is 15.0. The second-order valence-electron chi connectivity index (χ2n) is 10.9. The Hall–Kier alpha value is -3.51. The lowest BCUT2D eigenvalue weighted by atomic mass is 9.78. The predicted molar refractivity (Wildman–Crippen MR) is 143 cm³/mol. The average Bonchev–Trinajstić information content (AvgIpc) is 3.71. The van der Waals surface area contributed by atoms with Crippen molar-refractivity contribution in [2.45, 2.75) is 60.4 Å². The molecule has 1 unspecified atom stereocenters. The summed E-state index contributed by atoms with van der Waals surface area (Å²) >= 11 is 0. The molecule has 0 spiro atoms. The number of carbonyl (C=O) groups excluding carboxylic acids is 4. The number of carbonyl (C=O) groups is 4. The Morgan fingerprint density at radius 2 is 1.82 bits per heavy atom. The van der Waals surface area contributed by atoms with E-state index in [0.717, 1.165) is 25.7 Å². The van der Waals surface area contributed by atoms with Crippen LogP contribution in [0.3, 0.4) is 0 Å². The van der Waals surface area contributed by atoms with Crippen molar-refractivity contribution in [2.75, 3.05) is 19.7 Å². The quantitative estimate of drug-likeness (QED) is 0.350. The minimum Gasteiger partial charge on any atom is -0.389 e. The number of hydrogen-bond acceptors (Lipinski definition) is 7. The van der Waals surface area contributed by atoms with E-state index >= 15 is 0 Å². The molecule has 0 radical (unpaired) electrons. The fourth-order valence-electron chi connectivity index (χ4n) is 6.36. The zero-order valence-corrected chi connectivity index (χ0v) is 22.9. The summed E-state index contributed by atoms with van der Waals surface area (Å²) in [4.78, 5) is 56.5. The summed E-state index contributed by atoms with van der Waals surface area (Å²) in [6.07, 6.45) is 5.38. The van der Waals surface area contributed by atoms with Gasteiger partial charge in [-0.2, -0.15) is 0 Å². The van der Waals surface area contributed by atoms with Crippen molar-refractivity contribution in [1.82, 2.24) is 20.5 Å². The summed E-state index contributed by atoms with van der Waals surface area (Å²) in [5.41, 5.74) is 0.0524. The van der Waals surface area contributed by atoms with Crippen molar-refractivity contribution in [3.63, 3.8) is 0 Å². The highest BCUT2D eigenvalue weighted by molar-refractivity contribution is 7.91. The van der Waals surface area contributed by atoms with Gasteiger partial charge in [0.1, 0.15) is 18.3 Å². The molecule has 2 aromatic rings. The van der Waals surface area contributed by atoms with Crippen LogP contribution in [-0.2, 0) is 24.2 Å². The number of sulfone groups is 1. The highest BCUT2D eigenvalue weighted by atomic mass is 32.2. The van der Waals surface area contributed by atoms with Gasteiger partial charge in [0.25, 0.3) is 5.91 Å². The number of fused-ring (bicyclic) bond motifs is 1. The van der Waals surface area contributed by atoms with E-state index in [0.29, 0.717) is 19.5 Å². The van der Waals surface area contributed by atoms with Crippen molar-refractivity contribution in [3.8, 4) is 0 Å². The predicted octanol–water partition coefficient (Wildman–Crippen LogP) is 1.05. The first-order valence-electron chi connectivity index (χ1n) is 13.7. The third kappa shape index (κ3) is 5.42. The molecule has 5 rings (SSSR count). The first kappa shape index (κ1) is 28.0. The molecule has 2 saturated heterocycles. The highest BCUT2D eigenvalue weighted by Gasteiger charge is 2.49. The molecular weight excluding hydrogens is 536 g/mol. The molecule has 1 saturated carbocycles. The number of nitrogens with zero attached hydrogens (tertiary/aromatic N) is 1. The van der Waals surface area contributed by atoms with Crippen molar-refractivity contribution in [1.29, 1.82) is 0 Å². The zero-order chi connectivity index (χ0) is 28.4. The molecule has 3 amide bonds. The van der Waals surface area contributed by atoms with E-state index in [1.807, 2.05) is 0 Å². The SMILES string of the molecule is O=C(CO)C(C[C@@H]1CCNC1=O)NC(=O)[C@@H]1[C@H]2CCCC[C@H]2CN1C(=O)c1cc(S(=O)(=O)c2ccccc2)c[nH]1. The molecule has 4 N–H and O–H groups in total. The highest BCUT2D eigenvalue weighted by Crippen LogP contribution is 2.41. The summed E-state index contributed by atoms with van der Waals surface area (Å²) < 4.78 is 26.1. The Labute approximate surface area is 232 Å². The van der Waals surface area contributed by atoms with Crippen molar-refractivity contribution >= 4 is 33.3 Å². The summed E-state index contributed by atoms with van der Waals surface area (Å²) in [6, 6.07) is 7.29. The lowest BCUT2D eigenvalue weighted by Gasteiger charge is -2.31. The van der Waals surface area contributed by atoms with Crippen molar-refractivity contribution < 1.29 is 32.7 Å². The number of Topliss-reactive ketones (excluding diaryl/α,β-unsaturated/α-hetero) is 1. The lowest BCUT2D eigenvalue weighted by molar-refractivity contribution is -0.133. The van der Waals surface area contributed by atoms with Gasteiger partial charge >= 0.3 is 0 Å². The lowest BCUT2D eigenvalue weighted by Crippen LogP contribution is -2.54. The van der Waals surface area contributed by atoms with Gasteiger partial charge in [0, 0.05) is 25.2 Å².